The molecule has 0 N–H and O–H groups in total. The molecule has 0 amide bonds. The lowest BCUT2D eigenvalue weighted by molar-refractivity contribution is 0.112. The molecule has 158 valence electrons. The first-order valence-corrected chi connectivity index (χ1v) is 11.6. The fourth-order valence-electron chi connectivity index (χ4n) is 6.01. The minimum atomic E-state index is -0.528. The number of unbranched alkanes of at least 4 members (excludes halogenated alkanes) is 2. The van der Waals surface area contributed by atoms with Crippen LogP contribution in [-0.4, -0.2) is 7.11 Å². The van der Waals surface area contributed by atoms with E-state index in [1.54, 1.807) is 6.07 Å². The molecule has 4 rings (SSSR count). The van der Waals surface area contributed by atoms with E-state index in [2.05, 4.69) is 6.92 Å². The maximum Gasteiger partial charge on any atom is 0.137 e. The van der Waals surface area contributed by atoms with Crippen LogP contribution in [0.15, 0.2) is 24.3 Å². The van der Waals surface area contributed by atoms with Gasteiger partial charge in [-0.3, -0.25) is 0 Å². The molecule has 2 aromatic carbocycles. The smallest absolute Gasteiger partial charge is 0.137 e. The summed E-state index contributed by atoms with van der Waals surface area (Å²) in [6.07, 6.45) is 12.7. The van der Waals surface area contributed by atoms with E-state index < -0.39 is 5.82 Å². The molecular formula is C26H34F2O. The van der Waals surface area contributed by atoms with Crippen molar-refractivity contribution < 1.29 is 13.5 Å². The molecule has 2 aromatic rings. The summed E-state index contributed by atoms with van der Waals surface area (Å²) in [6, 6.07) is 6.74. The second-order valence-electron chi connectivity index (χ2n) is 9.38. The van der Waals surface area contributed by atoms with Gasteiger partial charge in [0.25, 0.3) is 0 Å². The molecule has 2 saturated carbocycles. The number of hydrogen-bond acceptors (Lipinski definition) is 1. The molecule has 0 aromatic heterocycles. The van der Waals surface area contributed by atoms with Crippen molar-refractivity contribution >= 4 is 10.8 Å². The molecule has 0 saturated heterocycles. The van der Waals surface area contributed by atoms with Crippen LogP contribution in [0.1, 0.15) is 82.6 Å². The Bertz CT molecular complexity index is 846. The minimum Gasteiger partial charge on any atom is -0.497 e. The van der Waals surface area contributed by atoms with Crippen LogP contribution in [0.5, 0.6) is 5.75 Å². The van der Waals surface area contributed by atoms with Crippen molar-refractivity contribution in [3.05, 3.63) is 41.5 Å². The number of fused-ring (bicyclic) bond motifs is 2. The summed E-state index contributed by atoms with van der Waals surface area (Å²) in [5.41, 5.74) is 0.713. The van der Waals surface area contributed by atoms with Crippen LogP contribution in [0.3, 0.4) is 0 Å². The highest BCUT2D eigenvalue weighted by Gasteiger charge is 2.36. The molecule has 29 heavy (non-hydrogen) atoms. The fourth-order valence-corrected chi connectivity index (χ4v) is 6.01. The van der Waals surface area contributed by atoms with E-state index in [4.69, 9.17) is 4.74 Å². The zero-order valence-corrected chi connectivity index (χ0v) is 17.9. The van der Waals surface area contributed by atoms with E-state index in [0.717, 1.165) is 24.7 Å². The molecule has 3 heteroatoms. The quantitative estimate of drug-likeness (QED) is 0.446. The first-order chi connectivity index (χ1) is 14.1. The zero-order chi connectivity index (χ0) is 20.4. The second-order valence-corrected chi connectivity index (χ2v) is 9.38. The summed E-state index contributed by atoms with van der Waals surface area (Å²) < 4.78 is 35.0. The first kappa shape index (κ1) is 20.6. The fraction of sp³-hybridized carbons (Fsp3) is 0.615. The van der Waals surface area contributed by atoms with Gasteiger partial charge in [-0.15, -0.1) is 0 Å². The van der Waals surface area contributed by atoms with Crippen molar-refractivity contribution in [2.24, 2.45) is 17.8 Å². The standard InChI is InChI=1S/C26H34F2O/c1-3-4-5-6-17-7-8-19-14-20(10-9-18(19)13-17)23-12-11-21-15-22(29-2)16-24(27)25(21)26(23)28/h11-12,15-20H,3-10,13-14H2,1-2H3/t17?,18-,19?,20-/m1/s1. The highest BCUT2D eigenvalue weighted by atomic mass is 19.1. The van der Waals surface area contributed by atoms with Crippen LogP contribution < -0.4 is 4.74 Å². The van der Waals surface area contributed by atoms with E-state index in [1.807, 2.05) is 12.1 Å². The SMILES string of the molecule is CCCCCC1CCC2C[C@H](c3ccc4cc(OC)cc(F)c4c3F)CC[C@@H]2C1. The van der Waals surface area contributed by atoms with Gasteiger partial charge in [0.2, 0.25) is 0 Å². The monoisotopic (exact) mass is 400 g/mol. The summed E-state index contributed by atoms with van der Waals surface area (Å²) in [7, 11) is 1.50. The summed E-state index contributed by atoms with van der Waals surface area (Å²) in [5, 5.41) is 0.689. The average Bonchev–Trinajstić information content (AvgIpc) is 2.73. The second kappa shape index (κ2) is 9.02. The van der Waals surface area contributed by atoms with E-state index in [1.165, 1.54) is 64.5 Å². The first-order valence-electron chi connectivity index (χ1n) is 11.6. The number of hydrogen-bond donors (Lipinski definition) is 0. The number of halogens is 2. The van der Waals surface area contributed by atoms with Crippen molar-refractivity contribution in [1.29, 1.82) is 0 Å². The lowest BCUT2D eigenvalue weighted by Gasteiger charge is -2.42. The van der Waals surface area contributed by atoms with Gasteiger partial charge in [0.05, 0.1) is 12.5 Å². The molecule has 0 bridgehead atoms. The van der Waals surface area contributed by atoms with Gasteiger partial charge in [0.1, 0.15) is 17.4 Å². The number of benzene rings is 2. The molecule has 2 aliphatic rings. The highest BCUT2D eigenvalue weighted by Crippen LogP contribution is 2.49. The third kappa shape index (κ3) is 4.29. The highest BCUT2D eigenvalue weighted by molar-refractivity contribution is 5.86. The van der Waals surface area contributed by atoms with Gasteiger partial charge in [0, 0.05) is 6.07 Å². The maximum absolute atomic E-state index is 15.3. The van der Waals surface area contributed by atoms with Crippen LogP contribution in [0.2, 0.25) is 0 Å². The molecule has 2 aliphatic carbocycles. The lowest BCUT2D eigenvalue weighted by atomic mass is 9.63. The molecular weight excluding hydrogens is 366 g/mol. The van der Waals surface area contributed by atoms with Crippen molar-refractivity contribution in [3.63, 3.8) is 0 Å². The maximum atomic E-state index is 15.3. The van der Waals surface area contributed by atoms with E-state index in [9.17, 15) is 4.39 Å². The molecule has 0 spiro atoms. The predicted molar refractivity (Wildman–Crippen MR) is 115 cm³/mol. The lowest BCUT2D eigenvalue weighted by Crippen LogP contribution is -2.30. The van der Waals surface area contributed by atoms with Crippen molar-refractivity contribution in [2.75, 3.05) is 7.11 Å². The zero-order valence-electron chi connectivity index (χ0n) is 17.9. The molecule has 1 nitrogen and oxygen atoms in total. The van der Waals surface area contributed by atoms with Crippen LogP contribution in [0, 0.1) is 29.4 Å². The average molecular weight is 401 g/mol. The van der Waals surface area contributed by atoms with Crippen LogP contribution in [0.25, 0.3) is 10.8 Å². The Labute approximate surface area is 173 Å². The molecule has 2 fully saturated rings. The third-order valence-electron chi connectivity index (χ3n) is 7.62. The van der Waals surface area contributed by atoms with Gasteiger partial charge in [-0.1, -0.05) is 51.2 Å². The minimum absolute atomic E-state index is 0.116. The predicted octanol–water partition coefficient (Wildman–Crippen LogP) is 8.01. The summed E-state index contributed by atoms with van der Waals surface area (Å²) in [5.74, 6) is 2.19. The topological polar surface area (TPSA) is 9.23 Å². The molecule has 0 heterocycles. The van der Waals surface area contributed by atoms with Gasteiger partial charge in [-0.05, 0) is 72.8 Å². The van der Waals surface area contributed by atoms with E-state index in [-0.39, 0.29) is 17.1 Å². The molecule has 0 radical (unpaired) electrons. The Morgan fingerprint density at radius 3 is 2.55 bits per heavy atom. The van der Waals surface area contributed by atoms with Crippen LogP contribution >= 0.6 is 0 Å². The summed E-state index contributed by atoms with van der Waals surface area (Å²) in [6.45, 7) is 2.27. The van der Waals surface area contributed by atoms with Crippen LogP contribution in [0.4, 0.5) is 8.78 Å². The van der Waals surface area contributed by atoms with Gasteiger partial charge in [-0.25, -0.2) is 8.78 Å². The third-order valence-corrected chi connectivity index (χ3v) is 7.62. The Balaban J connectivity index is 1.48. The van der Waals surface area contributed by atoms with Gasteiger partial charge in [-0.2, -0.15) is 0 Å². The van der Waals surface area contributed by atoms with Gasteiger partial charge in [0.15, 0.2) is 0 Å². The number of rotatable bonds is 6. The Kier molecular flexibility index (Phi) is 6.41. The van der Waals surface area contributed by atoms with E-state index >= 15 is 4.39 Å². The van der Waals surface area contributed by atoms with Crippen molar-refractivity contribution in [2.45, 2.75) is 77.0 Å². The van der Waals surface area contributed by atoms with Gasteiger partial charge < -0.3 is 4.74 Å². The summed E-state index contributed by atoms with van der Waals surface area (Å²) in [4.78, 5) is 0. The molecule has 0 aliphatic heterocycles. The van der Waals surface area contributed by atoms with Crippen molar-refractivity contribution in [3.8, 4) is 5.75 Å². The largest absolute Gasteiger partial charge is 0.497 e. The Hall–Kier alpha value is -1.64. The number of ether oxygens (including phenoxy) is 1. The Morgan fingerprint density at radius 2 is 1.76 bits per heavy atom. The molecule has 2 unspecified atom stereocenters. The summed E-state index contributed by atoms with van der Waals surface area (Å²) >= 11 is 0. The van der Waals surface area contributed by atoms with Crippen molar-refractivity contribution in [1.82, 2.24) is 0 Å². The van der Waals surface area contributed by atoms with E-state index in [0.29, 0.717) is 22.6 Å². The number of methoxy groups -OCH3 is 1. The Morgan fingerprint density at radius 1 is 0.966 bits per heavy atom. The van der Waals surface area contributed by atoms with Gasteiger partial charge >= 0.3 is 0 Å². The van der Waals surface area contributed by atoms with Crippen LogP contribution in [-0.2, 0) is 0 Å². The molecule has 4 atom stereocenters. The normalized spacial score (nSPS) is 27.0.